The van der Waals surface area contributed by atoms with Gasteiger partial charge in [0.05, 0.1) is 0 Å². The molecule has 2 N–H and O–H groups in total. The molecule has 5 nitrogen and oxygen atoms in total. The van der Waals surface area contributed by atoms with Gasteiger partial charge in [-0.2, -0.15) is 5.10 Å². The zero-order chi connectivity index (χ0) is 11.5. The van der Waals surface area contributed by atoms with Gasteiger partial charge in [-0.1, -0.05) is 0 Å². The van der Waals surface area contributed by atoms with Crippen molar-refractivity contribution in [2.45, 2.75) is 6.92 Å². The molecule has 0 aliphatic carbocycles. The number of aryl methyl sites for hydroxylation is 1. The highest BCUT2D eigenvalue weighted by molar-refractivity contribution is 9.10. The summed E-state index contributed by atoms with van der Waals surface area (Å²) in [5, 5.41) is 8.99. The van der Waals surface area contributed by atoms with Crippen LogP contribution in [-0.4, -0.2) is 21.1 Å². The van der Waals surface area contributed by atoms with Crippen LogP contribution in [0.3, 0.4) is 0 Å². The van der Waals surface area contributed by atoms with Crippen molar-refractivity contribution in [2.75, 3.05) is 5.32 Å². The maximum atomic E-state index is 11.7. The van der Waals surface area contributed by atoms with Crippen LogP contribution in [0.2, 0.25) is 0 Å². The molecule has 0 bridgehead atoms. The Morgan fingerprint density at radius 1 is 1.56 bits per heavy atom. The average molecular weight is 281 g/mol. The van der Waals surface area contributed by atoms with Crippen molar-refractivity contribution in [2.24, 2.45) is 0 Å². The lowest BCUT2D eigenvalue weighted by Gasteiger charge is -2.05. The molecular formula is C10H9BrN4O. The fourth-order valence-electron chi connectivity index (χ4n) is 1.23. The van der Waals surface area contributed by atoms with Gasteiger partial charge in [-0.15, -0.1) is 0 Å². The van der Waals surface area contributed by atoms with Crippen molar-refractivity contribution in [1.29, 1.82) is 0 Å². The molecular weight excluding hydrogens is 272 g/mol. The van der Waals surface area contributed by atoms with Crippen LogP contribution in [0.4, 0.5) is 5.82 Å². The van der Waals surface area contributed by atoms with Crippen molar-refractivity contribution >= 4 is 27.7 Å². The fraction of sp³-hybridized carbons (Fsp3) is 0.100. The van der Waals surface area contributed by atoms with Crippen LogP contribution in [0, 0.1) is 6.92 Å². The summed E-state index contributed by atoms with van der Waals surface area (Å²) >= 11 is 3.31. The highest BCUT2D eigenvalue weighted by Crippen LogP contribution is 2.17. The molecule has 2 rings (SSSR count). The van der Waals surface area contributed by atoms with Gasteiger partial charge in [0.25, 0.3) is 5.91 Å². The molecule has 0 aliphatic heterocycles. The van der Waals surface area contributed by atoms with Crippen LogP contribution in [0.1, 0.15) is 16.1 Å². The standard InChI is InChI=1S/C10H9BrN4O/c1-6-4-7(11)5-12-9(6)14-10(16)8-2-3-13-15-8/h2-5H,1H3,(H,13,15)(H,12,14,16). The van der Waals surface area contributed by atoms with Gasteiger partial charge in [0.2, 0.25) is 0 Å². The first-order valence-electron chi connectivity index (χ1n) is 4.59. The van der Waals surface area contributed by atoms with Crippen LogP contribution in [-0.2, 0) is 0 Å². The zero-order valence-corrected chi connectivity index (χ0v) is 10.1. The topological polar surface area (TPSA) is 70.7 Å². The normalized spacial score (nSPS) is 10.1. The Hall–Kier alpha value is -1.69. The number of aromatic amines is 1. The zero-order valence-electron chi connectivity index (χ0n) is 8.49. The number of hydrogen-bond donors (Lipinski definition) is 2. The lowest BCUT2D eigenvalue weighted by Crippen LogP contribution is -2.14. The van der Waals surface area contributed by atoms with Crippen molar-refractivity contribution in [3.63, 3.8) is 0 Å². The first kappa shape index (κ1) is 10.8. The highest BCUT2D eigenvalue weighted by Gasteiger charge is 2.09. The maximum Gasteiger partial charge on any atom is 0.274 e. The third-order valence-corrected chi connectivity index (χ3v) is 2.46. The minimum absolute atomic E-state index is 0.254. The van der Waals surface area contributed by atoms with Gasteiger partial charge in [-0.25, -0.2) is 4.98 Å². The summed E-state index contributed by atoms with van der Waals surface area (Å²) in [6.07, 6.45) is 3.16. The Balaban J connectivity index is 2.18. The summed E-state index contributed by atoms with van der Waals surface area (Å²) < 4.78 is 0.879. The number of rotatable bonds is 2. The third-order valence-electron chi connectivity index (χ3n) is 2.02. The third kappa shape index (κ3) is 2.27. The SMILES string of the molecule is Cc1cc(Br)cnc1NC(=O)c1ccn[nH]1. The lowest BCUT2D eigenvalue weighted by molar-refractivity contribution is 0.102. The monoisotopic (exact) mass is 280 g/mol. The Morgan fingerprint density at radius 2 is 2.38 bits per heavy atom. The average Bonchev–Trinajstić information content (AvgIpc) is 2.75. The van der Waals surface area contributed by atoms with E-state index in [1.807, 2.05) is 13.0 Å². The summed E-state index contributed by atoms with van der Waals surface area (Å²) in [6, 6.07) is 3.49. The Labute approximate surface area is 100 Å². The molecule has 0 unspecified atom stereocenters. The van der Waals surface area contributed by atoms with E-state index < -0.39 is 0 Å². The number of nitrogens with zero attached hydrogens (tertiary/aromatic N) is 2. The van der Waals surface area contributed by atoms with Gasteiger partial charge >= 0.3 is 0 Å². The molecule has 16 heavy (non-hydrogen) atoms. The molecule has 0 aliphatic rings. The number of H-pyrrole nitrogens is 1. The molecule has 0 saturated heterocycles. The largest absolute Gasteiger partial charge is 0.305 e. The summed E-state index contributed by atoms with van der Waals surface area (Å²) in [5.41, 5.74) is 1.30. The van der Waals surface area contributed by atoms with Crippen LogP contribution in [0.5, 0.6) is 0 Å². The molecule has 0 atom stereocenters. The molecule has 6 heteroatoms. The molecule has 2 heterocycles. The number of carbonyl (C=O) groups is 1. The van der Waals surface area contributed by atoms with E-state index in [2.05, 4.69) is 36.4 Å². The van der Waals surface area contributed by atoms with E-state index in [9.17, 15) is 4.79 Å². The van der Waals surface area contributed by atoms with Crippen LogP contribution in [0.15, 0.2) is 29.0 Å². The van der Waals surface area contributed by atoms with Crippen LogP contribution in [0.25, 0.3) is 0 Å². The van der Waals surface area contributed by atoms with E-state index in [0.29, 0.717) is 11.5 Å². The minimum atomic E-state index is -0.254. The van der Waals surface area contributed by atoms with E-state index in [1.165, 1.54) is 6.20 Å². The Morgan fingerprint density at radius 3 is 3.00 bits per heavy atom. The second-order valence-electron chi connectivity index (χ2n) is 3.24. The number of aromatic nitrogens is 3. The first-order chi connectivity index (χ1) is 7.66. The summed E-state index contributed by atoms with van der Waals surface area (Å²) in [7, 11) is 0. The number of amides is 1. The van der Waals surface area contributed by atoms with E-state index >= 15 is 0 Å². The lowest BCUT2D eigenvalue weighted by atomic mass is 10.3. The molecule has 0 saturated carbocycles. The van der Waals surface area contributed by atoms with Crippen molar-refractivity contribution in [1.82, 2.24) is 15.2 Å². The van der Waals surface area contributed by atoms with E-state index in [1.54, 1.807) is 12.3 Å². The predicted octanol–water partition coefficient (Wildman–Crippen LogP) is 2.13. The summed E-state index contributed by atoms with van der Waals surface area (Å²) in [6.45, 7) is 1.88. The second kappa shape index (κ2) is 4.44. The van der Waals surface area contributed by atoms with Crippen LogP contribution >= 0.6 is 15.9 Å². The van der Waals surface area contributed by atoms with Gasteiger partial charge in [0.15, 0.2) is 0 Å². The molecule has 0 fully saturated rings. The van der Waals surface area contributed by atoms with Crippen LogP contribution < -0.4 is 5.32 Å². The van der Waals surface area contributed by atoms with E-state index in [-0.39, 0.29) is 5.91 Å². The van der Waals surface area contributed by atoms with Crippen molar-refractivity contribution < 1.29 is 4.79 Å². The maximum absolute atomic E-state index is 11.7. The van der Waals surface area contributed by atoms with Gasteiger partial charge in [-0.3, -0.25) is 9.89 Å². The molecule has 2 aromatic heterocycles. The van der Waals surface area contributed by atoms with E-state index in [0.717, 1.165) is 10.0 Å². The Kier molecular flexibility index (Phi) is 3.00. The molecule has 1 amide bonds. The molecule has 0 radical (unpaired) electrons. The minimum Gasteiger partial charge on any atom is -0.305 e. The van der Waals surface area contributed by atoms with Gasteiger partial charge in [0.1, 0.15) is 11.5 Å². The number of carbonyl (C=O) groups excluding carboxylic acids is 1. The molecule has 2 aromatic rings. The molecule has 82 valence electrons. The van der Waals surface area contributed by atoms with Crippen molar-refractivity contribution in [3.8, 4) is 0 Å². The van der Waals surface area contributed by atoms with E-state index in [4.69, 9.17) is 0 Å². The molecule has 0 spiro atoms. The quantitative estimate of drug-likeness (QED) is 0.885. The summed E-state index contributed by atoms with van der Waals surface area (Å²) in [4.78, 5) is 15.8. The first-order valence-corrected chi connectivity index (χ1v) is 5.39. The number of hydrogen-bond acceptors (Lipinski definition) is 3. The highest BCUT2D eigenvalue weighted by atomic mass is 79.9. The smallest absolute Gasteiger partial charge is 0.274 e. The van der Waals surface area contributed by atoms with Gasteiger partial charge in [0, 0.05) is 16.9 Å². The second-order valence-corrected chi connectivity index (χ2v) is 4.16. The fourth-order valence-corrected chi connectivity index (χ4v) is 1.67. The molecule has 0 aromatic carbocycles. The Bertz CT molecular complexity index is 510. The number of nitrogens with one attached hydrogen (secondary N) is 2. The summed E-state index contributed by atoms with van der Waals surface area (Å²) in [5.74, 6) is 0.290. The number of anilines is 1. The predicted molar refractivity (Wildman–Crippen MR) is 63.2 cm³/mol. The van der Waals surface area contributed by atoms with Gasteiger partial charge < -0.3 is 5.32 Å². The number of pyridine rings is 1. The van der Waals surface area contributed by atoms with Gasteiger partial charge in [-0.05, 0) is 40.5 Å². The number of halogens is 1. The van der Waals surface area contributed by atoms with Crippen molar-refractivity contribution in [3.05, 3.63) is 40.3 Å².